The van der Waals surface area contributed by atoms with Gasteiger partial charge in [0.25, 0.3) is 0 Å². The van der Waals surface area contributed by atoms with Crippen molar-refractivity contribution in [3.8, 4) is 0 Å². The van der Waals surface area contributed by atoms with Gasteiger partial charge in [0.15, 0.2) is 0 Å². The molecule has 0 aliphatic carbocycles. The van der Waals surface area contributed by atoms with Crippen LogP contribution in [0.2, 0.25) is 0 Å². The van der Waals surface area contributed by atoms with Crippen LogP contribution in [0.3, 0.4) is 0 Å². The van der Waals surface area contributed by atoms with Gasteiger partial charge >= 0.3 is 29.6 Å². The van der Waals surface area contributed by atoms with Crippen LogP contribution in [0, 0.1) is 0 Å². The van der Waals surface area contributed by atoms with Gasteiger partial charge in [0.1, 0.15) is 0 Å². The van der Waals surface area contributed by atoms with Crippen molar-refractivity contribution in [2.45, 2.75) is 24.7 Å². The van der Waals surface area contributed by atoms with Crippen LogP contribution in [0.25, 0.3) is 0 Å². The van der Waals surface area contributed by atoms with Gasteiger partial charge in [0.05, 0.1) is 0 Å². The monoisotopic (exact) mass is 261 g/mol. The van der Waals surface area contributed by atoms with E-state index in [0.29, 0.717) is 6.54 Å². The summed E-state index contributed by atoms with van der Waals surface area (Å²) in [6, 6.07) is 4.89. The van der Waals surface area contributed by atoms with Crippen molar-refractivity contribution >= 4 is 22.7 Å². The SMILES string of the molecule is CC(=O)N1CCCc2cc(S(=O)[O-])ccc21.[Na+]. The zero-order valence-corrected chi connectivity index (χ0v) is 12.8. The van der Waals surface area contributed by atoms with Crippen molar-refractivity contribution in [1.82, 2.24) is 0 Å². The molecule has 1 heterocycles. The molecule has 1 aromatic carbocycles. The van der Waals surface area contributed by atoms with E-state index in [9.17, 15) is 13.6 Å². The summed E-state index contributed by atoms with van der Waals surface area (Å²) in [5, 5.41) is 0. The van der Waals surface area contributed by atoms with E-state index in [-0.39, 0.29) is 40.4 Å². The molecule has 6 heteroatoms. The minimum atomic E-state index is -2.20. The molecule has 86 valence electrons. The van der Waals surface area contributed by atoms with Gasteiger partial charge in [-0.25, -0.2) is 0 Å². The Bertz CT molecular complexity index is 464. The third kappa shape index (κ3) is 3.17. The fraction of sp³-hybridized carbons (Fsp3) is 0.364. The zero-order valence-electron chi connectivity index (χ0n) is 9.93. The van der Waals surface area contributed by atoms with Gasteiger partial charge in [0.2, 0.25) is 5.91 Å². The van der Waals surface area contributed by atoms with Crippen LogP contribution in [0.5, 0.6) is 0 Å². The topological polar surface area (TPSA) is 60.4 Å². The maximum Gasteiger partial charge on any atom is 1.00 e. The van der Waals surface area contributed by atoms with Gasteiger partial charge in [-0.15, -0.1) is 0 Å². The molecule has 1 atom stereocenters. The summed E-state index contributed by atoms with van der Waals surface area (Å²) in [6.07, 6.45) is 1.70. The third-order valence-corrected chi connectivity index (χ3v) is 3.38. The molecular weight excluding hydrogens is 249 g/mol. The first-order chi connectivity index (χ1) is 7.59. The molecule has 17 heavy (non-hydrogen) atoms. The summed E-state index contributed by atoms with van der Waals surface area (Å²) in [6.45, 7) is 2.23. The smallest absolute Gasteiger partial charge is 0.768 e. The molecule has 0 saturated carbocycles. The first-order valence-electron chi connectivity index (χ1n) is 5.10. The van der Waals surface area contributed by atoms with E-state index in [2.05, 4.69) is 0 Å². The Morgan fingerprint density at radius 1 is 1.47 bits per heavy atom. The number of aryl methyl sites for hydroxylation is 1. The Morgan fingerprint density at radius 3 is 2.76 bits per heavy atom. The molecule has 1 aliphatic heterocycles. The standard InChI is InChI=1S/C11H13NO3S.Na/c1-8(13)12-6-2-3-9-7-10(16(14)15)4-5-11(9)12;/h4-5,7H,2-3,6H2,1H3,(H,14,15);/q;+1/p-1. The third-order valence-electron chi connectivity index (χ3n) is 2.74. The molecule has 0 spiro atoms. The predicted molar refractivity (Wildman–Crippen MR) is 60.0 cm³/mol. The largest absolute Gasteiger partial charge is 1.00 e. The number of anilines is 1. The molecule has 1 aliphatic rings. The molecule has 1 aromatic rings. The van der Waals surface area contributed by atoms with E-state index in [0.717, 1.165) is 24.1 Å². The summed E-state index contributed by atoms with van der Waals surface area (Å²) in [7, 11) is 0. The van der Waals surface area contributed by atoms with Gasteiger partial charge in [-0.05, 0) is 47.7 Å². The summed E-state index contributed by atoms with van der Waals surface area (Å²) in [4.78, 5) is 13.4. The molecule has 1 unspecified atom stereocenters. The van der Waals surface area contributed by atoms with Gasteiger partial charge in [0, 0.05) is 24.1 Å². The van der Waals surface area contributed by atoms with Crippen LogP contribution in [-0.2, 0) is 22.3 Å². The second-order valence-corrected chi connectivity index (χ2v) is 4.74. The van der Waals surface area contributed by atoms with E-state index in [4.69, 9.17) is 0 Å². The quantitative estimate of drug-likeness (QED) is 0.444. The van der Waals surface area contributed by atoms with Crippen LogP contribution >= 0.6 is 0 Å². The number of carbonyl (C=O) groups excluding carboxylic acids is 1. The molecule has 0 aromatic heterocycles. The number of fused-ring (bicyclic) bond motifs is 1. The van der Waals surface area contributed by atoms with Crippen LogP contribution < -0.4 is 34.5 Å². The minimum absolute atomic E-state index is 0. The van der Waals surface area contributed by atoms with Crippen LogP contribution in [0.15, 0.2) is 23.1 Å². The normalized spacial score (nSPS) is 15.8. The van der Waals surface area contributed by atoms with E-state index >= 15 is 0 Å². The molecule has 0 N–H and O–H groups in total. The van der Waals surface area contributed by atoms with Crippen molar-refractivity contribution in [3.63, 3.8) is 0 Å². The van der Waals surface area contributed by atoms with Crippen molar-refractivity contribution in [2.24, 2.45) is 0 Å². The molecule has 2 rings (SSSR count). The van der Waals surface area contributed by atoms with E-state index in [1.54, 1.807) is 17.0 Å². The number of hydrogen-bond donors (Lipinski definition) is 0. The molecule has 0 bridgehead atoms. The average Bonchev–Trinajstić information content (AvgIpc) is 2.27. The first-order valence-corrected chi connectivity index (χ1v) is 6.17. The maximum absolute atomic E-state index is 11.4. The van der Waals surface area contributed by atoms with Crippen molar-refractivity contribution < 1.29 is 43.1 Å². The molecule has 0 saturated heterocycles. The maximum atomic E-state index is 11.4. The first kappa shape index (κ1) is 14.9. The molecular formula is C11H12NNaO3S. The Labute approximate surface area is 125 Å². The predicted octanol–water partition coefficient (Wildman–Crippen LogP) is -1.77. The van der Waals surface area contributed by atoms with Gasteiger partial charge in [-0.2, -0.15) is 0 Å². The summed E-state index contributed by atoms with van der Waals surface area (Å²) in [5.41, 5.74) is 1.77. The summed E-state index contributed by atoms with van der Waals surface area (Å²) < 4.78 is 21.6. The fourth-order valence-corrected chi connectivity index (χ4v) is 2.42. The number of rotatable bonds is 1. The minimum Gasteiger partial charge on any atom is -0.768 e. The Hall–Kier alpha value is -0.200. The second kappa shape index (κ2) is 6.11. The van der Waals surface area contributed by atoms with E-state index in [1.807, 2.05) is 0 Å². The number of nitrogens with zero attached hydrogens (tertiary/aromatic N) is 1. The van der Waals surface area contributed by atoms with Crippen molar-refractivity contribution in [2.75, 3.05) is 11.4 Å². The van der Waals surface area contributed by atoms with Gasteiger partial charge in [-0.3, -0.25) is 9.00 Å². The second-order valence-electron chi connectivity index (χ2n) is 3.80. The van der Waals surface area contributed by atoms with Crippen LogP contribution in [0.1, 0.15) is 18.9 Å². The number of benzene rings is 1. The summed E-state index contributed by atoms with van der Waals surface area (Å²) >= 11 is -2.20. The number of hydrogen-bond acceptors (Lipinski definition) is 3. The molecule has 1 amide bonds. The Morgan fingerprint density at radius 2 is 2.18 bits per heavy atom. The van der Waals surface area contributed by atoms with Crippen molar-refractivity contribution in [3.05, 3.63) is 23.8 Å². The average molecular weight is 261 g/mol. The molecule has 0 fully saturated rings. The van der Waals surface area contributed by atoms with Gasteiger partial charge < -0.3 is 9.45 Å². The van der Waals surface area contributed by atoms with Crippen LogP contribution in [-0.4, -0.2) is 21.2 Å². The number of carbonyl (C=O) groups is 1. The Kier molecular flexibility index (Phi) is 5.34. The molecule has 4 nitrogen and oxygen atoms in total. The zero-order chi connectivity index (χ0) is 11.7. The Balaban J connectivity index is 0.00000144. The van der Waals surface area contributed by atoms with E-state index < -0.39 is 11.1 Å². The molecule has 0 radical (unpaired) electrons. The van der Waals surface area contributed by atoms with Crippen molar-refractivity contribution in [1.29, 1.82) is 0 Å². The number of amides is 1. The van der Waals surface area contributed by atoms with Crippen LogP contribution in [0.4, 0.5) is 5.69 Å². The van der Waals surface area contributed by atoms with Gasteiger partial charge in [-0.1, -0.05) is 0 Å². The summed E-state index contributed by atoms with van der Waals surface area (Å²) in [5.74, 6) is -0.00283. The fourth-order valence-electron chi connectivity index (χ4n) is 2.00. The van der Waals surface area contributed by atoms with E-state index in [1.165, 1.54) is 13.0 Å².